The number of ketones is 1. The molecule has 1 aliphatic rings. The summed E-state index contributed by atoms with van der Waals surface area (Å²) in [7, 11) is 0. The number of carbonyl (C=O) groups excluding carboxylic acids is 3. The summed E-state index contributed by atoms with van der Waals surface area (Å²) in [5.74, 6) is -0.707. The Morgan fingerprint density at radius 1 is 1.00 bits per heavy atom. The first-order valence-corrected chi connectivity index (χ1v) is 9.46. The van der Waals surface area contributed by atoms with Gasteiger partial charge in [0, 0.05) is 55.4 Å². The van der Waals surface area contributed by atoms with E-state index in [2.05, 4.69) is 15.2 Å². The van der Waals surface area contributed by atoms with Gasteiger partial charge >= 0.3 is 0 Å². The summed E-state index contributed by atoms with van der Waals surface area (Å²) in [6.45, 7) is 3.28. The summed E-state index contributed by atoms with van der Waals surface area (Å²) in [5, 5.41) is 12.2. The Hall–Kier alpha value is -3.26. The Balaban J connectivity index is 1.56. The van der Waals surface area contributed by atoms with Crippen molar-refractivity contribution in [3.05, 3.63) is 59.9 Å². The van der Waals surface area contributed by atoms with Gasteiger partial charge in [0.25, 0.3) is 5.91 Å². The zero-order chi connectivity index (χ0) is 20.8. The van der Waals surface area contributed by atoms with Crippen LogP contribution in [0.1, 0.15) is 27.6 Å². The molecule has 0 spiro atoms. The number of aromatic nitrogens is 1. The smallest absolute Gasteiger partial charge is 0.252 e. The highest BCUT2D eigenvalue weighted by molar-refractivity contribution is 5.97. The summed E-state index contributed by atoms with van der Waals surface area (Å²) in [6.07, 6.45) is 2.99. The van der Waals surface area contributed by atoms with Gasteiger partial charge < -0.3 is 20.2 Å². The quantitative estimate of drug-likeness (QED) is 0.698. The predicted molar refractivity (Wildman–Crippen MR) is 108 cm³/mol. The maximum atomic E-state index is 12.7. The van der Waals surface area contributed by atoms with Crippen molar-refractivity contribution in [2.75, 3.05) is 37.7 Å². The number of pyridine rings is 1. The van der Waals surface area contributed by atoms with E-state index >= 15 is 0 Å². The van der Waals surface area contributed by atoms with Gasteiger partial charge in [0.15, 0.2) is 5.78 Å². The highest BCUT2D eigenvalue weighted by atomic mass is 16.3. The van der Waals surface area contributed by atoms with Crippen molar-refractivity contribution in [3.8, 4) is 0 Å². The molecule has 152 valence electrons. The van der Waals surface area contributed by atoms with Crippen LogP contribution >= 0.6 is 0 Å². The lowest BCUT2D eigenvalue weighted by molar-refractivity contribution is -0.134. The van der Waals surface area contributed by atoms with Gasteiger partial charge in [-0.2, -0.15) is 0 Å². The van der Waals surface area contributed by atoms with Gasteiger partial charge in [-0.25, -0.2) is 0 Å². The molecule has 8 heteroatoms. The largest absolute Gasteiger partial charge is 0.394 e. The van der Waals surface area contributed by atoms with Crippen molar-refractivity contribution >= 4 is 23.3 Å². The Bertz CT molecular complexity index is 862. The van der Waals surface area contributed by atoms with Crippen molar-refractivity contribution in [3.63, 3.8) is 0 Å². The molecule has 2 aromatic rings. The molecule has 1 aliphatic heterocycles. The van der Waals surface area contributed by atoms with Gasteiger partial charge in [-0.05, 0) is 43.3 Å². The molecule has 8 nitrogen and oxygen atoms in total. The molecule has 1 fully saturated rings. The number of hydrogen-bond acceptors (Lipinski definition) is 6. The number of aliphatic hydroxyl groups excluding tert-OH is 1. The molecular formula is C21H24N4O4. The normalized spacial score (nSPS) is 15.0. The van der Waals surface area contributed by atoms with Crippen LogP contribution in [0.3, 0.4) is 0 Å². The third-order valence-electron chi connectivity index (χ3n) is 4.96. The van der Waals surface area contributed by atoms with Crippen LogP contribution in [-0.4, -0.2) is 71.4 Å². The maximum absolute atomic E-state index is 12.7. The van der Waals surface area contributed by atoms with Crippen LogP contribution in [-0.2, 0) is 4.79 Å². The van der Waals surface area contributed by atoms with Gasteiger partial charge in [-0.3, -0.25) is 19.4 Å². The molecule has 29 heavy (non-hydrogen) atoms. The summed E-state index contributed by atoms with van der Waals surface area (Å²) in [6, 6.07) is 9.50. The Morgan fingerprint density at radius 2 is 1.62 bits per heavy atom. The van der Waals surface area contributed by atoms with Gasteiger partial charge in [-0.15, -0.1) is 0 Å². The third-order valence-corrected chi connectivity index (χ3v) is 4.96. The van der Waals surface area contributed by atoms with Gasteiger partial charge in [0.05, 0.1) is 6.61 Å². The minimum absolute atomic E-state index is 0.0239. The number of anilines is 1. The Kier molecular flexibility index (Phi) is 6.56. The summed E-state index contributed by atoms with van der Waals surface area (Å²) >= 11 is 0. The standard InChI is InChI=1S/C21H24N4O4/c1-15(27)16-2-4-18(5-3-16)24-10-12-25(13-11-24)21(29)19(14-26)23-20(28)17-6-8-22-9-7-17/h2-9,19,26H,10-14H2,1H3,(H,23,28)/t19-/m0/s1. The van der Waals surface area contributed by atoms with E-state index in [1.54, 1.807) is 29.2 Å². The van der Waals surface area contributed by atoms with Crippen molar-refractivity contribution < 1.29 is 19.5 Å². The molecule has 1 aromatic heterocycles. The van der Waals surface area contributed by atoms with Crippen LogP contribution in [0.5, 0.6) is 0 Å². The van der Waals surface area contributed by atoms with Crippen LogP contribution in [0.15, 0.2) is 48.8 Å². The molecule has 1 aromatic carbocycles. The molecule has 1 atom stereocenters. The average molecular weight is 396 g/mol. The number of hydrogen-bond donors (Lipinski definition) is 2. The molecular weight excluding hydrogens is 372 g/mol. The highest BCUT2D eigenvalue weighted by Gasteiger charge is 2.28. The number of nitrogens with zero attached hydrogens (tertiary/aromatic N) is 3. The van der Waals surface area contributed by atoms with Crippen molar-refractivity contribution in [1.82, 2.24) is 15.2 Å². The van der Waals surface area contributed by atoms with E-state index in [0.29, 0.717) is 37.3 Å². The first kappa shape index (κ1) is 20.5. The third kappa shape index (κ3) is 4.97. The SMILES string of the molecule is CC(=O)c1ccc(N2CCN(C(=O)[C@H](CO)NC(=O)c3ccncc3)CC2)cc1. The van der Waals surface area contributed by atoms with E-state index in [-0.39, 0.29) is 11.7 Å². The molecule has 0 unspecified atom stereocenters. The number of benzene rings is 1. The van der Waals surface area contributed by atoms with E-state index in [1.807, 2.05) is 12.1 Å². The van der Waals surface area contributed by atoms with Crippen LogP contribution in [0.4, 0.5) is 5.69 Å². The molecule has 2 heterocycles. The summed E-state index contributed by atoms with van der Waals surface area (Å²) < 4.78 is 0. The monoisotopic (exact) mass is 396 g/mol. The fourth-order valence-electron chi connectivity index (χ4n) is 3.24. The van der Waals surface area contributed by atoms with E-state index < -0.39 is 18.6 Å². The minimum atomic E-state index is -0.989. The second kappa shape index (κ2) is 9.29. The lowest BCUT2D eigenvalue weighted by Gasteiger charge is -2.37. The zero-order valence-electron chi connectivity index (χ0n) is 16.2. The first-order valence-electron chi connectivity index (χ1n) is 9.46. The van der Waals surface area contributed by atoms with Crippen LogP contribution in [0.2, 0.25) is 0 Å². The van der Waals surface area contributed by atoms with Crippen LogP contribution < -0.4 is 10.2 Å². The topological polar surface area (TPSA) is 103 Å². The maximum Gasteiger partial charge on any atom is 0.252 e. The first-order chi connectivity index (χ1) is 14.0. The fraction of sp³-hybridized carbons (Fsp3) is 0.333. The molecule has 1 saturated heterocycles. The molecule has 2 N–H and O–H groups in total. The molecule has 3 rings (SSSR count). The number of piperazine rings is 1. The fourth-order valence-corrected chi connectivity index (χ4v) is 3.24. The van der Waals surface area contributed by atoms with E-state index in [1.165, 1.54) is 19.3 Å². The predicted octanol–water partition coefficient (Wildman–Crippen LogP) is 0.724. The van der Waals surface area contributed by atoms with Crippen molar-refractivity contribution in [2.45, 2.75) is 13.0 Å². The second-order valence-corrected chi connectivity index (χ2v) is 6.86. The molecule has 2 amide bonds. The number of amides is 2. The Labute approximate surface area is 169 Å². The van der Waals surface area contributed by atoms with E-state index in [9.17, 15) is 19.5 Å². The van der Waals surface area contributed by atoms with Crippen molar-refractivity contribution in [2.24, 2.45) is 0 Å². The molecule has 0 aliphatic carbocycles. The number of rotatable bonds is 6. The lowest BCUT2D eigenvalue weighted by Crippen LogP contribution is -2.56. The molecule has 0 saturated carbocycles. The van der Waals surface area contributed by atoms with E-state index in [0.717, 1.165) is 5.69 Å². The number of nitrogens with one attached hydrogen (secondary N) is 1. The lowest BCUT2D eigenvalue weighted by atomic mass is 10.1. The Morgan fingerprint density at radius 3 is 2.17 bits per heavy atom. The average Bonchev–Trinajstić information content (AvgIpc) is 2.77. The van der Waals surface area contributed by atoms with Gasteiger partial charge in [0.2, 0.25) is 5.91 Å². The van der Waals surface area contributed by atoms with E-state index in [4.69, 9.17) is 0 Å². The highest BCUT2D eigenvalue weighted by Crippen LogP contribution is 2.18. The minimum Gasteiger partial charge on any atom is -0.394 e. The number of Topliss-reactive ketones (excluding diaryl/α,β-unsaturated/α-hetero) is 1. The number of aliphatic hydroxyl groups is 1. The summed E-state index contributed by atoms with van der Waals surface area (Å²) in [5.41, 5.74) is 2.04. The molecule has 0 radical (unpaired) electrons. The van der Waals surface area contributed by atoms with Crippen molar-refractivity contribution in [1.29, 1.82) is 0 Å². The van der Waals surface area contributed by atoms with Gasteiger partial charge in [-0.1, -0.05) is 0 Å². The number of carbonyl (C=O) groups is 3. The van der Waals surface area contributed by atoms with Crippen LogP contribution in [0.25, 0.3) is 0 Å². The zero-order valence-corrected chi connectivity index (χ0v) is 16.2. The van der Waals surface area contributed by atoms with Crippen LogP contribution in [0, 0.1) is 0 Å². The van der Waals surface area contributed by atoms with Gasteiger partial charge in [0.1, 0.15) is 6.04 Å². The molecule has 0 bridgehead atoms. The summed E-state index contributed by atoms with van der Waals surface area (Å²) in [4.78, 5) is 44.0. The second-order valence-electron chi connectivity index (χ2n) is 6.86.